The molecule has 0 radical (unpaired) electrons. The molecule has 1 unspecified atom stereocenters. The van der Waals surface area contributed by atoms with Crippen LogP contribution >= 0.6 is 0 Å². The maximum absolute atomic E-state index is 13.0. The Bertz CT molecular complexity index is 583. The van der Waals surface area contributed by atoms with Gasteiger partial charge in [0.15, 0.2) is 0 Å². The molecule has 2 aromatic carbocycles. The minimum Gasteiger partial charge on any atom is -0.507 e. The largest absolute Gasteiger partial charge is 0.507 e. The van der Waals surface area contributed by atoms with Gasteiger partial charge in [0, 0.05) is 24.4 Å². The normalized spacial score (nSPS) is 12.2. The number of hydrogen-bond acceptors (Lipinski definition) is 2. The zero-order chi connectivity index (χ0) is 14.0. The maximum atomic E-state index is 13.0. The van der Waals surface area contributed by atoms with Crippen LogP contribution in [-0.2, 0) is 0 Å². The molecular weight excluding hydrogens is 241 g/mol. The van der Waals surface area contributed by atoms with Gasteiger partial charge in [-0.2, -0.15) is 0 Å². The van der Waals surface area contributed by atoms with Crippen molar-refractivity contribution in [2.45, 2.75) is 19.9 Å². The van der Waals surface area contributed by atoms with E-state index < -0.39 is 5.82 Å². The summed E-state index contributed by atoms with van der Waals surface area (Å²) >= 11 is 0. The Balaban J connectivity index is 2.33. The molecule has 0 fully saturated rings. The topological polar surface area (TPSA) is 23.5 Å². The van der Waals surface area contributed by atoms with Gasteiger partial charge in [0.1, 0.15) is 11.6 Å². The Labute approximate surface area is 113 Å². The highest BCUT2D eigenvalue weighted by atomic mass is 19.1. The molecule has 1 atom stereocenters. The predicted octanol–water partition coefficient (Wildman–Crippen LogP) is 4.04. The lowest BCUT2D eigenvalue weighted by Gasteiger charge is -2.29. The number of para-hydroxylation sites is 1. The van der Waals surface area contributed by atoms with Gasteiger partial charge in [-0.1, -0.05) is 24.3 Å². The van der Waals surface area contributed by atoms with E-state index in [1.807, 2.05) is 45.2 Å². The molecule has 0 bridgehead atoms. The molecule has 0 aliphatic heterocycles. The molecular formula is C16H18FNO. The summed E-state index contributed by atoms with van der Waals surface area (Å²) in [5, 5.41) is 9.86. The second kappa shape index (κ2) is 5.31. The molecule has 2 nitrogen and oxygen atoms in total. The smallest absolute Gasteiger partial charge is 0.126 e. The van der Waals surface area contributed by atoms with Crippen molar-refractivity contribution >= 4 is 5.69 Å². The molecule has 0 saturated carbocycles. The average molecular weight is 259 g/mol. The summed E-state index contributed by atoms with van der Waals surface area (Å²) in [6.45, 7) is 4.03. The fraction of sp³-hybridized carbons (Fsp3) is 0.250. The molecule has 0 aromatic heterocycles. The Hall–Kier alpha value is -2.03. The number of rotatable bonds is 3. The summed E-state index contributed by atoms with van der Waals surface area (Å²) in [6, 6.07) is 12.2. The van der Waals surface area contributed by atoms with Crippen molar-refractivity contribution in [3.63, 3.8) is 0 Å². The Morgan fingerprint density at radius 2 is 1.84 bits per heavy atom. The first-order chi connectivity index (χ1) is 9.00. The zero-order valence-electron chi connectivity index (χ0n) is 11.4. The van der Waals surface area contributed by atoms with Crippen LogP contribution in [0.3, 0.4) is 0 Å². The minimum absolute atomic E-state index is 0.00654. The van der Waals surface area contributed by atoms with Crippen LogP contribution in [-0.4, -0.2) is 12.2 Å². The second-order valence-corrected chi connectivity index (χ2v) is 4.78. The number of benzene rings is 2. The van der Waals surface area contributed by atoms with Crippen molar-refractivity contribution < 1.29 is 9.50 Å². The highest BCUT2D eigenvalue weighted by molar-refractivity contribution is 5.55. The highest BCUT2D eigenvalue weighted by Gasteiger charge is 2.17. The molecule has 0 heterocycles. The quantitative estimate of drug-likeness (QED) is 0.899. The third-order valence-electron chi connectivity index (χ3n) is 3.52. The molecule has 0 saturated heterocycles. The summed E-state index contributed by atoms with van der Waals surface area (Å²) in [4.78, 5) is 2.07. The standard InChI is InChI=1S/C16H18FNO/c1-11-6-4-5-7-15(11)18(3)12(2)14-9-8-13(17)10-16(14)19/h4-10,12,19H,1-3H3. The van der Waals surface area contributed by atoms with Crippen molar-refractivity contribution in [2.75, 3.05) is 11.9 Å². The average Bonchev–Trinajstić information content (AvgIpc) is 2.38. The first kappa shape index (κ1) is 13.4. The fourth-order valence-corrected chi connectivity index (χ4v) is 2.25. The maximum Gasteiger partial charge on any atom is 0.126 e. The number of phenols is 1. The molecule has 0 aliphatic carbocycles. The van der Waals surface area contributed by atoms with Gasteiger partial charge >= 0.3 is 0 Å². The number of halogens is 1. The van der Waals surface area contributed by atoms with E-state index in [0.717, 1.165) is 11.8 Å². The Kier molecular flexibility index (Phi) is 3.74. The number of aromatic hydroxyl groups is 1. The van der Waals surface area contributed by atoms with E-state index in [1.165, 1.54) is 11.6 Å². The summed E-state index contributed by atoms with van der Waals surface area (Å²) < 4.78 is 13.0. The summed E-state index contributed by atoms with van der Waals surface area (Å²) in [5.41, 5.74) is 2.98. The zero-order valence-corrected chi connectivity index (χ0v) is 11.4. The van der Waals surface area contributed by atoms with E-state index >= 15 is 0 Å². The highest BCUT2D eigenvalue weighted by Crippen LogP contribution is 2.32. The second-order valence-electron chi connectivity index (χ2n) is 4.78. The van der Waals surface area contributed by atoms with Gasteiger partial charge in [0.25, 0.3) is 0 Å². The van der Waals surface area contributed by atoms with Crippen LogP contribution in [0.4, 0.5) is 10.1 Å². The number of hydrogen-bond donors (Lipinski definition) is 1. The Morgan fingerprint density at radius 3 is 2.47 bits per heavy atom. The van der Waals surface area contributed by atoms with Crippen molar-refractivity contribution in [2.24, 2.45) is 0 Å². The monoisotopic (exact) mass is 259 g/mol. The third kappa shape index (κ3) is 2.70. The van der Waals surface area contributed by atoms with Crippen LogP contribution in [0.25, 0.3) is 0 Å². The van der Waals surface area contributed by atoms with Crippen LogP contribution in [0.5, 0.6) is 5.75 Å². The van der Waals surface area contributed by atoms with Crippen LogP contribution in [0.2, 0.25) is 0 Å². The van der Waals surface area contributed by atoms with E-state index in [4.69, 9.17) is 0 Å². The molecule has 0 aliphatic rings. The number of phenolic OH excluding ortho intramolecular Hbond substituents is 1. The van der Waals surface area contributed by atoms with Gasteiger partial charge in [-0.3, -0.25) is 0 Å². The van der Waals surface area contributed by atoms with E-state index in [2.05, 4.69) is 4.90 Å². The molecule has 2 rings (SSSR count). The van der Waals surface area contributed by atoms with Crippen LogP contribution < -0.4 is 4.90 Å². The van der Waals surface area contributed by atoms with Gasteiger partial charge in [-0.25, -0.2) is 4.39 Å². The van der Waals surface area contributed by atoms with E-state index in [9.17, 15) is 9.50 Å². The fourth-order valence-electron chi connectivity index (χ4n) is 2.25. The lowest BCUT2D eigenvalue weighted by Crippen LogP contribution is -2.22. The molecule has 0 amide bonds. The summed E-state index contributed by atoms with van der Waals surface area (Å²) in [5.74, 6) is -0.431. The van der Waals surface area contributed by atoms with Crippen LogP contribution in [0.15, 0.2) is 42.5 Å². The first-order valence-electron chi connectivity index (χ1n) is 6.27. The molecule has 100 valence electrons. The van der Waals surface area contributed by atoms with Crippen molar-refractivity contribution in [1.82, 2.24) is 0 Å². The third-order valence-corrected chi connectivity index (χ3v) is 3.52. The van der Waals surface area contributed by atoms with E-state index in [1.54, 1.807) is 6.07 Å². The number of anilines is 1. The lowest BCUT2D eigenvalue weighted by molar-refractivity contribution is 0.456. The van der Waals surface area contributed by atoms with Gasteiger partial charge in [0.05, 0.1) is 6.04 Å². The minimum atomic E-state index is -0.424. The predicted molar refractivity (Wildman–Crippen MR) is 76.1 cm³/mol. The molecule has 19 heavy (non-hydrogen) atoms. The van der Waals surface area contributed by atoms with Crippen LogP contribution in [0.1, 0.15) is 24.1 Å². The lowest BCUT2D eigenvalue weighted by atomic mass is 10.0. The SMILES string of the molecule is Cc1ccccc1N(C)C(C)c1ccc(F)cc1O. The molecule has 3 heteroatoms. The number of aryl methyl sites for hydroxylation is 1. The van der Waals surface area contributed by atoms with Gasteiger partial charge in [-0.15, -0.1) is 0 Å². The molecule has 0 spiro atoms. The van der Waals surface area contributed by atoms with E-state index in [0.29, 0.717) is 5.56 Å². The number of nitrogens with zero attached hydrogens (tertiary/aromatic N) is 1. The molecule has 2 aromatic rings. The van der Waals surface area contributed by atoms with Crippen molar-refractivity contribution in [1.29, 1.82) is 0 Å². The van der Waals surface area contributed by atoms with Crippen molar-refractivity contribution in [3.8, 4) is 5.75 Å². The van der Waals surface area contributed by atoms with E-state index in [-0.39, 0.29) is 11.8 Å². The van der Waals surface area contributed by atoms with Gasteiger partial charge in [0.2, 0.25) is 0 Å². The summed E-state index contributed by atoms with van der Waals surface area (Å²) in [6.07, 6.45) is 0. The Morgan fingerprint density at radius 1 is 1.16 bits per heavy atom. The van der Waals surface area contributed by atoms with Crippen molar-refractivity contribution in [3.05, 3.63) is 59.4 Å². The van der Waals surface area contributed by atoms with Gasteiger partial charge in [-0.05, 0) is 31.5 Å². The summed E-state index contributed by atoms with van der Waals surface area (Å²) in [7, 11) is 1.97. The first-order valence-corrected chi connectivity index (χ1v) is 6.27. The van der Waals surface area contributed by atoms with Crippen LogP contribution in [0, 0.1) is 12.7 Å². The molecule has 1 N–H and O–H groups in total. The van der Waals surface area contributed by atoms with Gasteiger partial charge < -0.3 is 10.0 Å².